The Morgan fingerprint density at radius 3 is 2.36 bits per heavy atom. The molecule has 0 N–H and O–H groups in total. The van der Waals surface area contributed by atoms with E-state index < -0.39 is 0 Å². The first-order valence-electron chi connectivity index (χ1n) is 8.41. The van der Waals surface area contributed by atoms with Gasteiger partial charge in [0.1, 0.15) is 0 Å². The van der Waals surface area contributed by atoms with Gasteiger partial charge < -0.3 is 14.0 Å². The number of carbonyl (C=O) groups excluding carboxylic acids is 1. The van der Waals surface area contributed by atoms with Crippen molar-refractivity contribution in [2.24, 2.45) is 7.05 Å². The minimum Gasteiger partial charge on any atom is -0.493 e. The lowest BCUT2D eigenvalue weighted by atomic mass is 9.87. The maximum atomic E-state index is 12.8. The highest BCUT2D eigenvalue weighted by molar-refractivity contribution is 6.13. The number of rotatable bonds is 4. The Kier molecular flexibility index (Phi) is 5.08. The number of nitrogens with zero attached hydrogens (tertiary/aromatic N) is 1. The van der Waals surface area contributed by atoms with E-state index in [4.69, 9.17) is 9.47 Å². The zero-order valence-electron chi connectivity index (χ0n) is 14.9. The normalized spacial score (nSPS) is 18.0. The molecule has 4 nitrogen and oxygen atoms in total. The molecule has 0 spiro atoms. The van der Waals surface area contributed by atoms with Crippen LogP contribution in [0.5, 0.6) is 11.5 Å². The molecule has 130 valence electrons. The van der Waals surface area contributed by atoms with Crippen molar-refractivity contribution < 1.29 is 14.3 Å². The van der Waals surface area contributed by atoms with E-state index in [1.165, 1.54) is 0 Å². The predicted octanol–water partition coefficient (Wildman–Crippen LogP) is 4.26. The molecule has 1 aromatic heterocycles. The van der Waals surface area contributed by atoms with Crippen molar-refractivity contribution in [2.75, 3.05) is 14.2 Å². The number of aryl methyl sites for hydroxylation is 1. The molecule has 0 aliphatic heterocycles. The van der Waals surface area contributed by atoms with Gasteiger partial charge in [0.2, 0.25) is 0 Å². The van der Waals surface area contributed by atoms with Crippen molar-refractivity contribution in [1.29, 1.82) is 0 Å². The average molecular weight is 337 g/mol. The number of allylic oxidation sites excluding steroid dienone is 2. The maximum Gasteiger partial charge on any atom is 0.185 e. The number of ketones is 1. The van der Waals surface area contributed by atoms with Crippen molar-refractivity contribution >= 4 is 17.9 Å². The summed E-state index contributed by atoms with van der Waals surface area (Å²) in [4.78, 5) is 12.8. The molecule has 1 heterocycles. The average Bonchev–Trinajstić information content (AvgIpc) is 3.03. The van der Waals surface area contributed by atoms with Crippen LogP contribution in [-0.4, -0.2) is 24.6 Å². The number of hydrogen-bond acceptors (Lipinski definition) is 3. The molecule has 0 saturated heterocycles. The molecule has 3 rings (SSSR count). The van der Waals surface area contributed by atoms with Gasteiger partial charge in [0.25, 0.3) is 0 Å². The van der Waals surface area contributed by atoms with E-state index in [-0.39, 0.29) is 5.78 Å². The molecular weight excluding hydrogens is 314 g/mol. The van der Waals surface area contributed by atoms with Crippen LogP contribution in [0.3, 0.4) is 0 Å². The molecule has 0 atom stereocenters. The van der Waals surface area contributed by atoms with E-state index in [9.17, 15) is 4.79 Å². The summed E-state index contributed by atoms with van der Waals surface area (Å²) in [6.45, 7) is 0. The van der Waals surface area contributed by atoms with Gasteiger partial charge in [-0.2, -0.15) is 0 Å². The number of hydrogen-bond donors (Lipinski definition) is 0. The number of ether oxygens (including phenoxy) is 2. The van der Waals surface area contributed by atoms with Crippen LogP contribution in [0.25, 0.3) is 12.2 Å². The largest absolute Gasteiger partial charge is 0.493 e. The summed E-state index contributed by atoms with van der Waals surface area (Å²) in [6, 6.07) is 9.71. The number of carbonyl (C=O) groups is 1. The number of benzene rings is 1. The summed E-state index contributed by atoms with van der Waals surface area (Å²) in [6.07, 6.45) is 8.57. The van der Waals surface area contributed by atoms with Gasteiger partial charge in [-0.3, -0.25) is 4.79 Å². The summed E-state index contributed by atoms with van der Waals surface area (Å²) in [7, 11) is 5.21. The number of methoxy groups -OCH3 is 2. The third-order valence-electron chi connectivity index (χ3n) is 4.53. The summed E-state index contributed by atoms with van der Waals surface area (Å²) in [5, 5.41) is 0. The fraction of sp³-hybridized carbons (Fsp3) is 0.286. The second kappa shape index (κ2) is 7.43. The highest BCUT2D eigenvalue weighted by atomic mass is 16.5. The van der Waals surface area contributed by atoms with Gasteiger partial charge in [-0.05, 0) is 61.2 Å². The monoisotopic (exact) mass is 337 g/mol. The third kappa shape index (κ3) is 3.68. The number of Topliss-reactive ketones (excluding diaryl/α,β-unsaturated/α-hetero) is 1. The minimum absolute atomic E-state index is 0.141. The van der Waals surface area contributed by atoms with Gasteiger partial charge in [0, 0.05) is 30.1 Å². The zero-order chi connectivity index (χ0) is 17.8. The Hall–Kier alpha value is -2.75. The van der Waals surface area contributed by atoms with E-state index in [1.54, 1.807) is 14.2 Å². The van der Waals surface area contributed by atoms with E-state index in [0.717, 1.165) is 41.7 Å². The van der Waals surface area contributed by atoms with Gasteiger partial charge >= 0.3 is 0 Å². The zero-order valence-corrected chi connectivity index (χ0v) is 14.9. The fourth-order valence-electron chi connectivity index (χ4n) is 3.12. The van der Waals surface area contributed by atoms with Crippen LogP contribution < -0.4 is 9.47 Å². The van der Waals surface area contributed by atoms with Crippen molar-refractivity contribution in [3.05, 3.63) is 58.9 Å². The molecule has 4 heteroatoms. The van der Waals surface area contributed by atoms with Crippen molar-refractivity contribution in [3.63, 3.8) is 0 Å². The van der Waals surface area contributed by atoms with Crippen LogP contribution >= 0.6 is 0 Å². The molecule has 1 fully saturated rings. The molecule has 1 aliphatic rings. The molecule has 25 heavy (non-hydrogen) atoms. The first-order valence-corrected chi connectivity index (χ1v) is 8.41. The molecule has 0 amide bonds. The van der Waals surface area contributed by atoms with E-state index >= 15 is 0 Å². The highest BCUT2D eigenvalue weighted by Gasteiger charge is 2.21. The lowest BCUT2D eigenvalue weighted by molar-refractivity contribution is -0.112. The van der Waals surface area contributed by atoms with Gasteiger partial charge in [-0.1, -0.05) is 6.07 Å². The summed E-state index contributed by atoms with van der Waals surface area (Å²) in [5.41, 5.74) is 3.72. The van der Waals surface area contributed by atoms with Gasteiger partial charge in [-0.15, -0.1) is 0 Å². The molecule has 0 bridgehead atoms. The second-order valence-electron chi connectivity index (χ2n) is 6.18. The Labute approximate surface area is 148 Å². The molecule has 2 aromatic rings. The van der Waals surface area contributed by atoms with E-state index in [2.05, 4.69) is 0 Å². The number of aromatic nitrogens is 1. The van der Waals surface area contributed by atoms with Gasteiger partial charge in [0.15, 0.2) is 17.3 Å². The third-order valence-corrected chi connectivity index (χ3v) is 4.53. The molecular formula is C21H23NO3. The van der Waals surface area contributed by atoms with Crippen molar-refractivity contribution in [2.45, 2.75) is 19.3 Å². The summed E-state index contributed by atoms with van der Waals surface area (Å²) < 4.78 is 12.6. The standard InChI is InChI=1S/C21H23NO3/c1-22-11-5-8-18(22)14-17-7-4-6-16(21(17)23)12-15-9-10-19(24-2)20(13-15)25-3/h5,8-14H,4,6-7H2,1-3H3/b16-12+,17-14+. The van der Waals surface area contributed by atoms with Gasteiger partial charge in [0.05, 0.1) is 14.2 Å². The van der Waals surface area contributed by atoms with Crippen LogP contribution in [0, 0.1) is 0 Å². The van der Waals surface area contributed by atoms with Crippen LogP contribution in [0.2, 0.25) is 0 Å². The Morgan fingerprint density at radius 2 is 1.72 bits per heavy atom. The topological polar surface area (TPSA) is 40.5 Å². The van der Waals surface area contributed by atoms with Crippen LogP contribution in [0.4, 0.5) is 0 Å². The second-order valence-corrected chi connectivity index (χ2v) is 6.18. The van der Waals surface area contributed by atoms with Crippen LogP contribution in [0.15, 0.2) is 47.7 Å². The quantitative estimate of drug-likeness (QED) is 0.783. The predicted molar refractivity (Wildman–Crippen MR) is 99.8 cm³/mol. The summed E-state index contributed by atoms with van der Waals surface area (Å²) >= 11 is 0. The Bertz CT molecular complexity index is 843. The minimum atomic E-state index is 0.141. The van der Waals surface area contributed by atoms with Crippen molar-refractivity contribution in [1.82, 2.24) is 4.57 Å². The van der Waals surface area contributed by atoms with Crippen LogP contribution in [-0.2, 0) is 11.8 Å². The maximum absolute atomic E-state index is 12.8. The molecule has 1 aliphatic carbocycles. The fourth-order valence-corrected chi connectivity index (χ4v) is 3.12. The highest BCUT2D eigenvalue weighted by Crippen LogP contribution is 2.31. The molecule has 0 radical (unpaired) electrons. The lowest BCUT2D eigenvalue weighted by Gasteiger charge is -2.17. The van der Waals surface area contributed by atoms with E-state index in [1.807, 2.05) is 60.3 Å². The first-order chi connectivity index (χ1) is 12.1. The van der Waals surface area contributed by atoms with Crippen molar-refractivity contribution in [3.8, 4) is 11.5 Å². The molecule has 1 aromatic carbocycles. The lowest BCUT2D eigenvalue weighted by Crippen LogP contribution is -2.12. The van der Waals surface area contributed by atoms with Gasteiger partial charge in [-0.25, -0.2) is 0 Å². The van der Waals surface area contributed by atoms with Crippen LogP contribution in [0.1, 0.15) is 30.5 Å². The Balaban J connectivity index is 1.89. The SMILES string of the molecule is COc1ccc(/C=C2\CCC/C(=C\c3cccn3C)C2=O)cc1OC. The molecule has 1 saturated carbocycles. The Morgan fingerprint density at radius 1 is 1.00 bits per heavy atom. The smallest absolute Gasteiger partial charge is 0.185 e. The summed E-state index contributed by atoms with van der Waals surface area (Å²) in [5.74, 6) is 1.49. The van der Waals surface area contributed by atoms with E-state index in [0.29, 0.717) is 11.5 Å². The molecule has 0 unspecified atom stereocenters. The first kappa shape index (κ1) is 17.1.